The maximum Gasteiger partial charge on any atom is 0.303 e. The molecule has 104 valence electrons. The number of hydrogen-bond donors (Lipinski definition) is 2. The predicted octanol–water partition coefficient (Wildman–Crippen LogP) is 1.25. The van der Waals surface area contributed by atoms with E-state index in [1.165, 1.54) is 4.90 Å². The number of carbonyl (C=O) groups excluding carboxylic acids is 1. The Morgan fingerprint density at radius 3 is 2.28 bits per heavy atom. The highest BCUT2D eigenvalue weighted by Crippen LogP contribution is 2.44. The highest BCUT2D eigenvalue weighted by Gasteiger charge is 2.38. The highest BCUT2D eigenvalue weighted by atomic mass is 16.4. The van der Waals surface area contributed by atoms with Gasteiger partial charge >= 0.3 is 5.97 Å². The van der Waals surface area contributed by atoms with Crippen molar-refractivity contribution in [2.24, 2.45) is 5.41 Å². The van der Waals surface area contributed by atoms with Crippen LogP contribution < -0.4 is 0 Å². The molecule has 0 radical (unpaired) electrons. The van der Waals surface area contributed by atoms with Gasteiger partial charge in [0.25, 0.3) is 0 Å². The van der Waals surface area contributed by atoms with Gasteiger partial charge in [-0.2, -0.15) is 0 Å². The van der Waals surface area contributed by atoms with Gasteiger partial charge in [0, 0.05) is 13.5 Å². The Labute approximate surface area is 108 Å². The Kier molecular flexibility index (Phi) is 5.14. The summed E-state index contributed by atoms with van der Waals surface area (Å²) in [6, 6.07) is -0.221. The maximum atomic E-state index is 12.1. The fourth-order valence-electron chi connectivity index (χ4n) is 2.68. The molecule has 1 unspecified atom stereocenters. The van der Waals surface area contributed by atoms with Gasteiger partial charge in [-0.05, 0) is 25.2 Å². The van der Waals surface area contributed by atoms with E-state index in [9.17, 15) is 9.59 Å². The molecule has 0 bridgehead atoms. The summed E-state index contributed by atoms with van der Waals surface area (Å²) in [6.07, 6.45) is 3.97. The molecule has 0 heterocycles. The molecular formula is C13H23NO4. The molecule has 0 aliphatic heterocycles. The van der Waals surface area contributed by atoms with Crippen molar-refractivity contribution in [3.05, 3.63) is 0 Å². The zero-order chi connectivity index (χ0) is 13.8. The molecule has 5 heteroatoms. The number of aliphatic hydroxyl groups is 1. The Balaban J connectivity index is 2.66. The smallest absolute Gasteiger partial charge is 0.303 e. The third-order valence-corrected chi connectivity index (χ3v) is 4.04. The molecule has 0 saturated heterocycles. The molecule has 0 aromatic heterocycles. The van der Waals surface area contributed by atoms with Crippen LogP contribution in [0, 0.1) is 5.41 Å². The fourth-order valence-corrected chi connectivity index (χ4v) is 2.68. The van der Waals surface area contributed by atoms with Crippen LogP contribution in [-0.4, -0.2) is 46.7 Å². The van der Waals surface area contributed by atoms with Crippen LogP contribution in [0.1, 0.15) is 45.4 Å². The molecule has 0 aromatic carbocycles. The number of likely N-dealkylation sites (N-methyl/N-ethyl adjacent to an activating group) is 1. The lowest BCUT2D eigenvalue weighted by Gasteiger charge is -2.31. The second kappa shape index (κ2) is 6.18. The number of hydrogen-bond acceptors (Lipinski definition) is 3. The van der Waals surface area contributed by atoms with Crippen molar-refractivity contribution in [2.45, 2.75) is 51.5 Å². The lowest BCUT2D eigenvalue weighted by atomic mass is 9.79. The third-order valence-electron chi connectivity index (χ3n) is 4.04. The number of carboxylic acid groups (broad SMARTS) is 1. The lowest BCUT2D eigenvalue weighted by molar-refractivity contribution is -0.141. The van der Waals surface area contributed by atoms with E-state index in [2.05, 4.69) is 0 Å². The predicted molar refractivity (Wildman–Crippen MR) is 67.1 cm³/mol. The molecule has 1 aliphatic carbocycles. The van der Waals surface area contributed by atoms with Gasteiger partial charge in [0.15, 0.2) is 0 Å². The van der Waals surface area contributed by atoms with E-state index in [1.54, 1.807) is 14.0 Å². The van der Waals surface area contributed by atoms with E-state index >= 15 is 0 Å². The Morgan fingerprint density at radius 1 is 1.28 bits per heavy atom. The molecule has 0 spiro atoms. The molecular weight excluding hydrogens is 234 g/mol. The van der Waals surface area contributed by atoms with Gasteiger partial charge in [-0.1, -0.05) is 12.8 Å². The number of aliphatic carboxylic acids is 1. The minimum atomic E-state index is -0.831. The number of amides is 1. The third kappa shape index (κ3) is 3.70. The molecule has 1 amide bonds. The summed E-state index contributed by atoms with van der Waals surface area (Å²) < 4.78 is 0. The molecule has 1 fully saturated rings. The summed E-state index contributed by atoms with van der Waals surface area (Å²) in [4.78, 5) is 24.6. The summed E-state index contributed by atoms with van der Waals surface area (Å²) in [5.41, 5.74) is -0.369. The van der Waals surface area contributed by atoms with Gasteiger partial charge in [-0.15, -0.1) is 0 Å². The summed E-state index contributed by atoms with van der Waals surface area (Å²) in [5.74, 6) is -0.901. The number of aliphatic hydroxyl groups excluding tert-OH is 1. The quantitative estimate of drug-likeness (QED) is 0.750. The Morgan fingerprint density at radius 2 is 1.83 bits per heavy atom. The number of nitrogens with zero attached hydrogens (tertiary/aromatic N) is 1. The van der Waals surface area contributed by atoms with E-state index in [1.807, 2.05) is 0 Å². The second-order valence-corrected chi connectivity index (χ2v) is 5.49. The molecule has 2 N–H and O–H groups in total. The molecule has 1 aliphatic rings. The van der Waals surface area contributed by atoms with Crippen LogP contribution in [0.4, 0.5) is 0 Å². The second-order valence-electron chi connectivity index (χ2n) is 5.49. The van der Waals surface area contributed by atoms with Gasteiger partial charge in [0.1, 0.15) is 0 Å². The molecule has 0 aromatic rings. The Bertz CT molecular complexity index is 310. The summed E-state index contributed by atoms with van der Waals surface area (Å²) in [5, 5.41) is 18.0. The number of rotatable bonds is 6. The van der Waals surface area contributed by atoms with Crippen molar-refractivity contribution < 1.29 is 19.8 Å². The van der Waals surface area contributed by atoms with Crippen LogP contribution in [0.15, 0.2) is 0 Å². The average molecular weight is 257 g/mol. The fraction of sp³-hybridized carbons (Fsp3) is 0.846. The van der Waals surface area contributed by atoms with Gasteiger partial charge in [-0.3, -0.25) is 9.59 Å². The summed E-state index contributed by atoms with van der Waals surface area (Å²) in [7, 11) is 1.66. The monoisotopic (exact) mass is 257 g/mol. The van der Waals surface area contributed by atoms with Crippen LogP contribution in [0.5, 0.6) is 0 Å². The van der Waals surface area contributed by atoms with Gasteiger partial charge in [0.05, 0.1) is 19.1 Å². The molecule has 1 rings (SSSR count). The van der Waals surface area contributed by atoms with Crippen LogP contribution in [0.25, 0.3) is 0 Å². The summed E-state index contributed by atoms with van der Waals surface area (Å²) >= 11 is 0. The molecule has 1 saturated carbocycles. The first-order valence-corrected chi connectivity index (χ1v) is 6.48. The van der Waals surface area contributed by atoms with Crippen LogP contribution in [0.3, 0.4) is 0 Å². The topological polar surface area (TPSA) is 77.8 Å². The van der Waals surface area contributed by atoms with E-state index in [0.29, 0.717) is 0 Å². The lowest BCUT2D eigenvalue weighted by Crippen LogP contribution is -2.40. The molecule has 5 nitrogen and oxygen atoms in total. The van der Waals surface area contributed by atoms with Crippen molar-refractivity contribution in [3.63, 3.8) is 0 Å². The van der Waals surface area contributed by atoms with Crippen molar-refractivity contribution >= 4 is 11.9 Å². The zero-order valence-corrected chi connectivity index (χ0v) is 11.2. The average Bonchev–Trinajstić information content (AvgIpc) is 2.74. The van der Waals surface area contributed by atoms with E-state index in [4.69, 9.17) is 10.2 Å². The largest absolute Gasteiger partial charge is 0.481 e. The molecule has 18 heavy (non-hydrogen) atoms. The number of carboxylic acids is 1. The van der Waals surface area contributed by atoms with Crippen molar-refractivity contribution in [3.8, 4) is 0 Å². The standard InChI is InChI=1S/C13H23NO4/c1-10(9-15)14(2)11(16)7-13(8-12(17)18)5-3-4-6-13/h10,15H,3-9H2,1-2H3,(H,17,18). The van der Waals surface area contributed by atoms with Crippen molar-refractivity contribution in [2.75, 3.05) is 13.7 Å². The maximum absolute atomic E-state index is 12.1. The van der Waals surface area contributed by atoms with E-state index in [-0.39, 0.29) is 36.8 Å². The van der Waals surface area contributed by atoms with Crippen LogP contribution >= 0.6 is 0 Å². The SMILES string of the molecule is CC(CO)N(C)C(=O)CC1(CC(=O)O)CCCC1. The zero-order valence-electron chi connectivity index (χ0n) is 11.2. The van der Waals surface area contributed by atoms with Gasteiger partial charge in [0.2, 0.25) is 5.91 Å². The van der Waals surface area contributed by atoms with E-state index in [0.717, 1.165) is 25.7 Å². The minimum absolute atomic E-state index is 0.0695. The number of carbonyl (C=O) groups is 2. The Hall–Kier alpha value is -1.10. The van der Waals surface area contributed by atoms with Crippen molar-refractivity contribution in [1.82, 2.24) is 4.90 Å². The van der Waals surface area contributed by atoms with Crippen molar-refractivity contribution in [1.29, 1.82) is 0 Å². The summed E-state index contributed by atoms with van der Waals surface area (Å²) in [6.45, 7) is 1.70. The van der Waals surface area contributed by atoms with Gasteiger partial charge in [-0.25, -0.2) is 0 Å². The highest BCUT2D eigenvalue weighted by molar-refractivity contribution is 5.78. The van der Waals surface area contributed by atoms with E-state index < -0.39 is 5.97 Å². The van der Waals surface area contributed by atoms with Crippen LogP contribution in [-0.2, 0) is 9.59 Å². The minimum Gasteiger partial charge on any atom is -0.481 e. The first kappa shape index (κ1) is 15.0. The first-order valence-electron chi connectivity index (χ1n) is 6.48. The normalized spacial score (nSPS) is 19.5. The van der Waals surface area contributed by atoms with Gasteiger partial charge < -0.3 is 15.1 Å². The van der Waals surface area contributed by atoms with Crippen LogP contribution in [0.2, 0.25) is 0 Å². The molecule has 1 atom stereocenters. The first-order chi connectivity index (χ1) is 8.40.